The van der Waals surface area contributed by atoms with Gasteiger partial charge in [0.25, 0.3) is 0 Å². The molecule has 1 aliphatic rings. The Labute approximate surface area is 132 Å². The summed E-state index contributed by atoms with van der Waals surface area (Å²) < 4.78 is 47.9. The highest BCUT2D eigenvalue weighted by Crippen LogP contribution is 2.25. The zero-order chi connectivity index (χ0) is 16.4. The Morgan fingerprint density at radius 3 is 2.23 bits per heavy atom. The lowest BCUT2D eigenvalue weighted by Gasteiger charge is -2.27. The molecule has 0 unspecified atom stereocenters. The molecule has 6 nitrogen and oxygen atoms in total. The van der Waals surface area contributed by atoms with Crippen LogP contribution in [0.2, 0.25) is 0 Å². The maximum atomic E-state index is 12.1. The van der Waals surface area contributed by atoms with Gasteiger partial charge in [-0.05, 0) is 18.1 Å². The first kappa shape index (κ1) is 17.4. The van der Waals surface area contributed by atoms with Gasteiger partial charge in [0.1, 0.15) is 0 Å². The van der Waals surface area contributed by atoms with Crippen molar-refractivity contribution in [2.75, 3.05) is 45.2 Å². The highest BCUT2D eigenvalue weighted by molar-refractivity contribution is 7.93. The molecule has 1 fully saturated rings. The molecule has 0 amide bonds. The Morgan fingerprint density at radius 1 is 1.05 bits per heavy atom. The van der Waals surface area contributed by atoms with Crippen molar-refractivity contribution in [1.82, 2.24) is 10.2 Å². The molecule has 0 bridgehead atoms. The molecule has 2 rings (SSSR count). The van der Waals surface area contributed by atoms with Crippen molar-refractivity contribution in [3.8, 4) is 0 Å². The highest BCUT2D eigenvalue weighted by atomic mass is 32.2. The van der Waals surface area contributed by atoms with Gasteiger partial charge in [-0.1, -0.05) is 12.1 Å². The Balaban J connectivity index is 2.34. The van der Waals surface area contributed by atoms with Gasteiger partial charge >= 0.3 is 0 Å². The van der Waals surface area contributed by atoms with Gasteiger partial charge in [-0.3, -0.25) is 0 Å². The smallest absolute Gasteiger partial charge is 0.177 e. The van der Waals surface area contributed by atoms with Crippen LogP contribution in [0.15, 0.2) is 28.0 Å². The number of sulfone groups is 2. The predicted molar refractivity (Wildman–Crippen MR) is 85.7 cm³/mol. The maximum absolute atomic E-state index is 12.1. The standard InChI is InChI=1S/C14H22N2O4S2/c1-21(17,18)13-5-3-4-12(14(13)22(2,19)20)6-9-16-10-7-15-8-11-16/h3-5,15H,6-11H2,1-2H3. The number of hydrogen-bond acceptors (Lipinski definition) is 6. The minimum Gasteiger partial charge on any atom is -0.314 e. The first-order chi connectivity index (χ1) is 10.2. The van der Waals surface area contributed by atoms with E-state index in [1.54, 1.807) is 12.1 Å². The van der Waals surface area contributed by atoms with E-state index in [1.165, 1.54) is 6.07 Å². The van der Waals surface area contributed by atoms with E-state index in [0.717, 1.165) is 45.2 Å². The summed E-state index contributed by atoms with van der Waals surface area (Å²) in [5.41, 5.74) is 0.573. The summed E-state index contributed by atoms with van der Waals surface area (Å²) in [5.74, 6) is 0. The minimum atomic E-state index is -3.61. The van der Waals surface area contributed by atoms with Gasteiger partial charge in [-0.2, -0.15) is 0 Å². The largest absolute Gasteiger partial charge is 0.314 e. The van der Waals surface area contributed by atoms with Crippen molar-refractivity contribution in [1.29, 1.82) is 0 Å². The van der Waals surface area contributed by atoms with Crippen LogP contribution in [0.3, 0.4) is 0 Å². The van der Waals surface area contributed by atoms with Crippen molar-refractivity contribution in [3.63, 3.8) is 0 Å². The molecule has 1 heterocycles. The molecule has 0 atom stereocenters. The third kappa shape index (κ3) is 4.28. The summed E-state index contributed by atoms with van der Waals surface area (Å²) in [7, 11) is -7.20. The maximum Gasteiger partial charge on any atom is 0.177 e. The van der Waals surface area contributed by atoms with Crippen LogP contribution in [0, 0.1) is 0 Å². The summed E-state index contributed by atoms with van der Waals surface area (Å²) in [6.07, 6.45) is 2.62. The molecular weight excluding hydrogens is 324 g/mol. The number of hydrogen-bond donors (Lipinski definition) is 1. The molecule has 124 valence electrons. The number of rotatable bonds is 5. The van der Waals surface area contributed by atoms with E-state index in [4.69, 9.17) is 0 Å². The van der Waals surface area contributed by atoms with Gasteiger partial charge < -0.3 is 10.2 Å². The van der Waals surface area contributed by atoms with Crippen molar-refractivity contribution in [2.45, 2.75) is 16.2 Å². The van der Waals surface area contributed by atoms with Crippen LogP contribution in [0.4, 0.5) is 0 Å². The second-order valence-electron chi connectivity index (χ2n) is 5.63. The summed E-state index contributed by atoms with van der Waals surface area (Å²) in [6.45, 7) is 4.39. The average molecular weight is 346 g/mol. The number of nitrogens with zero attached hydrogens (tertiary/aromatic N) is 1. The molecule has 1 aliphatic heterocycles. The molecule has 22 heavy (non-hydrogen) atoms. The Morgan fingerprint density at radius 2 is 1.68 bits per heavy atom. The third-order valence-corrected chi connectivity index (χ3v) is 6.23. The van der Waals surface area contributed by atoms with E-state index in [9.17, 15) is 16.8 Å². The second-order valence-corrected chi connectivity index (χ2v) is 9.57. The van der Waals surface area contributed by atoms with E-state index in [1.807, 2.05) is 0 Å². The first-order valence-electron chi connectivity index (χ1n) is 7.14. The van der Waals surface area contributed by atoms with Gasteiger partial charge in [-0.25, -0.2) is 16.8 Å². The average Bonchev–Trinajstić information content (AvgIpc) is 2.44. The Bertz CT molecular complexity index is 736. The summed E-state index contributed by atoms with van der Waals surface area (Å²) in [5, 5.41) is 3.26. The first-order valence-corrected chi connectivity index (χ1v) is 10.9. The Kier molecular flexibility index (Phi) is 5.26. The zero-order valence-corrected chi connectivity index (χ0v) is 14.5. The molecule has 0 aliphatic carbocycles. The quantitative estimate of drug-likeness (QED) is 0.804. The van der Waals surface area contributed by atoms with E-state index in [2.05, 4.69) is 10.2 Å². The van der Waals surface area contributed by atoms with E-state index in [0.29, 0.717) is 12.0 Å². The lowest BCUT2D eigenvalue weighted by molar-refractivity contribution is 0.243. The Hall–Kier alpha value is -0.960. The summed E-state index contributed by atoms with van der Waals surface area (Å²) in [4.78, 5) is 2.09. The van der Waals surface area contributed by atoms with Crippen LogP contribution in [-0.2, 0) is 26.1 Å². The summed E-state index contributed by atoms with van der Waals surface area (Å²) >= 11 is 0. The fraction of sp³-hybridized carbons (Fsp3) is 0.571. The van der Waals surface area contributed by atoms with Gasteiger partial charge in [0, 0.05) is 45.2 Å². The van der Waals surface area contributed by atoms with Crippen molar-refractivity contribution in [3.05, 3.63) is 23.8 Å². The van der Waals surface area contributed by atoms with Crippen LogP contribution in [0.25, 0.3) is 0 Å². The zero-order valence-electron chi connectivity index (χ0n) is 12.9. The van der Waals surface area contributed by atoms with Gasteiger partial charge in [0.05, 0.1) is 9.79 Å². The van der Waals surface area contributed by atoms with E-state index < -0.39 is 19.7 Å². The van der Waals surface area contributed by atoms with Crippen molar-refractivity contribution < 1.29 is 16.8 Å². The fourth-order valence-corrected chi connectivity index (χ4v) is 5.47. The molecule has 1 saturated heterocycles. The lowest BCUT2D eigenvalue weighted by Crippen LogP contribution is -2.44. The molecule has 1 aromatic carbocycles. The molecule has 0 spiro atoms. The van der Waals surface area contributed by atoms with Crippen molar-refractivity contribution >= 4 is 19.7 Å². The molecule has 0 aromatic heterocycles. The predicted octanol–water partition coefficient (Wildman–Crippen LogP) is -0.0587. The molecule has 8 heteroatoms. The number of piperazine rings is 1. The normalized spacial score (nSPS) is 17.5. The monoisotopic (exact) mass is 346 g/mol. The topological polar surface area (TPSA) is 83.6 Å². The summed E-state index contributed by atoms with van der Waals surface area (Å²) in [6, 6.07) is 4.67. The molecule has 0 saturated carbocycles. The van der Waals surface area contributed by atoms with Crippen LogP contribution in [0.1, 0.15) is 5.56 Å². The van der Waals surface area contributed by atoms with Gasteiger partial charge in [0.15, 0.2) is 19.7 Å². The second kappa shape index (κ2) is 6.66. The molecule has 0 radical (unpaired) electrons. The van der Waals surface area contributed by atoms with Crippen LogP contribution in [0.5, 0.6) is 0 Å². The van der Waals surface area contributed by atoms with Crippen LogP contribution >= 0.6 is 0 Å². The molecule has 1 N–H and O–H groups in total. The van der Waals surface area contributed by atoms with Crippen molar-refractivity contribution in [2.24, 2.45) is 0 Å². The van der Waals surface area contributed by atoms with Gasteiger partial charge in [0.2, 0.25) is 0 Å². The minimum absolute atomic E-state index is 0.0485. The van der Waals surface area contributed by atoms with Crippen LogP contribution < -0.4 is 5.32 Å². The molecule has 1 aromatic rings. The van der Waals surface area contributed by atoms with Gasteiger partial charge in [-0.15, -0.1) is 0 Å². The van der Waals surface area contributed by atoms with Crippen LogP contribution in [-0.4, -0.2) is 67.0 Å². The third-order valence-electron chi connectivity index (χ3n) is 3.74. The molecular formula is C14H22N2O4S2. The van der Waals surface area contributed by atoms with E-state index in [-0.39, 0.29) is 9.79 Å². The number of benzene rings is 1. The van der Waals surface area contributed by atoms with E-state index >= 15 is 0 Å². The highest BCUT2D eigenvalue weighted by Gasteiger charge is 2.24. The fourth-order valence-electron chi connectivity index (χ4n) is 2.68. The SMILES string of the molecule is CS(=O)(=O)c1cccc(CCN2CCNCC2)c1S(C)(=O)=O. The lowest BCUT2D eigenvalue weighted by atomic mass is 10.1. The number of nitrogens with one attached hydrogen (secondary N) is 1.